The van der Waals surface area contributed by atoms with Gasteiger partial charge >= 0.3 is 6.03 Å². The van der Waals surface area contributed by atoms with Crippen molar-refractivity contribution in [3.05, 3.63) is 54.4 Å². The van der Waals surface area contributed by atoms with E-state index in [0.717, 1.165) is 5.56 Å². The van der Waals surface area contributed by atoms with Gasteiger partial charge in [-0.05, 0) is 41.3 Å². The Kier molecular flexibility index (Phi) is 6.30. The Morgan fingerprint density at radius 2 is 1.69 bits per heavy atom. The Bertz CT molecular complexity index is 756. The molecule has 2 rings (SSSR count). The molecule has 2 aromatic rings. The van der Waals surface area contributed by atoms with E-state index in [2.05, 4.69) is 20.9 Å². The Morgan fingerprint density at radius 1 is 1.08 bits per heavy atom. The number of carbonyl (C=O) groups excluding carboxylic acids is 2. The van der Waals surface area contributed by atoms with Crippen LogP contribution in [0.25, 0.3) is 0 Å². The first-order valence-corrected chi connectivity index (χ1v) is 8.36. The first-order valence-electron chi connectivity index (χ1n) is 8.36. The molecule has 0 aliphatic heterocycles. The van der Waals surface area contributed by atoms with Gasteiger partial charge in [0.15, 0.2) is 0 Å². The lowest BCUT2D eigenvalue weighted by Crippen LogP contribution is -2.45. The Morgan fingerprint density at radius 3 is 2.31 bits per heavy atom. The van der Waals surface area contributed by atoms with E-state index < -0.39 is 6.04 Å². The number of pyridine rings is 1. The summed E-state index contributed by atoms with van der Waals surface area (Å²) >= 11 is 0. The maximum Gasteiger partial charge on any atom is 0.319 e. The van der Waals surface area contributed by atoms with Crippen LogP contribution in [-0.4, -0.2) is 23.0 Å². The SMILES string of the molecule is CC(C)(C)[C@H](N)C(=O)Nc1cccc(NC(=O)NCc2ccncc2)c1. The van der Waals surface area contributed by atoms with E-state index in [0.29, 0.717) is 17.9 Å². The molecule has 0 fully saturated rings. The standard InChI is InChI=1S/C19H25N5O2/c1-19(2,3)16(20)17(25)23-14-5-4-6-15(11-14)24-18(26)22-12-13-7-9-21-10-8-13/h4-11,16H,12,20H2,1-3H3,(H,23,25)(H2,22,24,26)/t16-/m1/s1. The summed E-state index contributed by atoms with van der Waals surface area (Å²) in [6, 6.07) is 9.60. The number of amides is 3. The van der Waals surface area contributed by atoms with Crippen molar-refractivity contribution in [2.75, 3.05) is 10.6 Å². The second-order valence-electron chi connectivity index (χ2n) is 7.08. The third-order valence-electron chi connectivity index (χ3n) is 3.81. The van der Waals surface area contributed by atoms with Crippen LogP contribution in [0.4, 0.5) is 16.2 Å². The third-order valence-corrected chi connectivity index (χ3v) is 3.81. The van der Waals surface area contributed by atoms with E-state index in [1.807, 2.05) is 32.9 Å². The van der Waals surface area contributed by atoms with Crippen LogP contribution >= 0.6 is 0 Å². The fraction of sp³-hybridized carbons (Fsp3) is 0.316. The fourth-order valence-electron chi connectivity index (χ4n) is 2.15. The van der Waals surface area contributed by atoms with E-state index in [4.69, 9.17) is 5.73 Å². The minimum atomic E-state index is -0.636. The van der Waals surface area contributed by atoms with Gasteiger partial charge in [-0.3, -0.25) is 9.78 Å². The van der Waals surface area contributed by atoms with Crippen LogP contribution < -0.4 is 21.7 Å². The summed E-state index contributed by atoms with van der Waals surface area (Å²) in [4.78, 5) is 28.2. The number of urea groups is 1. The molecule has 3 amide bonds. The Balaban J connectivity index is 1.92. The van der Waals surface area contributed by atoms with Crippen molar-refractivity contribution in [2.45, 2.75) is 33.4 Å². The highest BCUT2D eigenvalue weighted by molar-refractivity contribution is 5.96. The number of nitrogens with zero attached hydrogens (tertiary/aromatic N) is 1. The normalized spacial score (nSPS) is 12.2. The van der Waals surface area contributed by atoms with Crippen LogP contribution in [0.3, 0.4) is 0 Å². The molecule has 26 heavy (non-hydrogen) atoms. The number of anilines is 2. The lowest BCUT2D eigenvalue weighted by molar-refractivity contribution is -0.119. The molecule has 1 aromatic carbocycles. The second kappa shape index (κ2) is 8.44. The summed E-state index contributed by atoms with van der Waals surface area (Å²) in [5.74, 6) is -0.267. The number of carbonyl (C=O) groups is 2. The second-order valence-corrected chi connectivity index (χ2v) is 7.08. The van der Waals surface area contributed by atoms with Crippen molar-refractivity contribution in [3.8, 4) is 0 Å². The molecule has 0 unspecified atom stereocenters. The van der Waals surface area contributed by atoms with Gasteiger partial charge in [0, 0.05) is 30.3 Å². The average Bonchev–Trinajstić information content (AvgIpc) is 2.59. The van der Waals surface area contributed by atoms with Crippen molar-refractivity contribution < 1.29 is 9.59 Å². The minimum absolute atomic E-state index is 0.267. The molecule has 0 saturated carbocycles. The first-order chi connectivity index (χ1) is 12.3. The van der Waals surface area contributed by atoms with Gasteiger partial charge in [0.2, 0.25) is 5.91 Å². The molecule has 1 aromatic heterocycles. The zero-order valence-electron chi connectivity index (χ0n) is 15.2. The molecule has 1 atom stereocenters. The van der Waals surface area contributed by atoms with E-state index >= 15 is 0 Å². The Labute approximate surface area is 153 Å². The molecule has 5 N–H and O–H groups in total. The zero-order chi connectivity index (χ0) is 19.2. The van der Waals surface area contributed by atoms with Gasteiger partial charge in [-0.25, -0.2) is 4.79 Å². The van der Waals surface area contributed by atoms with Gasteiger partial charge in [-0.1, -0.05) is 26.8 Å². The van der Waals surface area contributed by atoms with Gasteiger partial charge in [-0.15, -0.1) is 0 Å². The van der Waals surface area contributed by atoms with Crippen LogP contribution in [0.5, 0.6) is 0 Å². The van der Waals surface area contributed by atoms with Gasteiger partial charge in [0.25, 0.3) is 0 Å². The van der Waals surface area contributed by atoms with Crippen LogP contribution in [-0.2, 0) is 11.3 Å². The van der Waals surface area contributed by atoms with Gasteiger partial charge in [0.1, 0.15) is 0 Å². The minimum Gasteiger partial charge on any atom is -0.334 e. The monoisotopic (exact) mass is 355 g/mol. The van der Waals surface area contributed by atoms with Crippen molar-refractivity contribution >= 4 is 23.3 Å². The van der Waals surface area contributed by atoms with Crippen LogP contribution in [0.1, 0.15) is 26.3 Å². The first kappa shape index (κ1) is 19.4. The number of nitrogens with one attached hydrogen (secondary N) is 3. The van der Waals surface area contributed by atoms with Crippen LogP contribution in [0.15, 0.2) is 48.8 Å². The van der Waals surface area contributed by atoms with Crippen molar-refractivity contribution in [1.29, 1.82) is 0 Å². The smallest absolute Gasteiger partial charge is 0.319 e. The molecule has 7 nitrogen and oxygen atoms in total. The molecule has 0 saturated heterocycles. The summed E-state index contributed by atoms with van der Waals surface area (Å²) in [7, 11) is 0. The molecule has 1 heterocycles. The summed E-state index contributed by atoms with van der Waals surface area (Å²) in [5, 5.41) is 8.27. The highest BCUT2D eigenvalue weighted by atomic mass is 16.2. The number of aromatic nitrogens is 1. The molecule has 138 valence electrons. The lowest BCUT2D eigenvalue weighted by atomic mass is 9.87. The van der Waals surface area contributed by atoms with Gasteiger partial charge in [-0.2, -0.15) is 0 Å². The van der Waals surface area contributed by atoms with Gasteiger partial charge < -0.3 is 21.7 Å². The maximum atomic E-state index is 12.2. The summed E-state index contributed by atoms with van der Waals surface area (Å²) in [6.45, 7) is 6.11. The summed E-state index contributed by atoms with van der Waals surface area (Å²) in [6.07, 6.45) is 3.34. The fourth-order valence-corrected chi connectivity index (χ4v) is 2.15. The topological polar surface area (TPSA) is 109 Å². The number of rotatable bonds is 5. The molecule has 0 spiro atoms. The van der Waals surface area contributed by atoms with Crippen LogP contribution in [0.2, 0.25) is 0 Å². The largest absolute Gasteiger partial charge is 0.334 e. The van der Waals surface area contributed by atoms with Crippen molar-refractivity contribution in [3.63, 3.8) is 0 Å². The summed E-state index contributed by atoms with van der Waals surface area (Å²) < 4.78 is 0. The van der Waals surface area contributed by atoms with Crippen molar-refractivity contribution in [2.24, 2.45) is 11.1 Å². The molecule has 0 aliphatic carbocycles. The molecule has 0 aliphatic rings. The lowest BCUT2D eigenvalue weighted by Gasteiger charge is -2.25. The number of nitrogens with two attached hydrogens (primary N) is 1. The Hall–Kier alpha value is -2.93. The average molecular weight is 355 g/mol. The zero-order valence-corrected chi connectivity index (χ0v) is 15.2. The molecular formula is C19H25N5O2. The molecular weight excluding hydrogens is 330 g/mol. The predicted octanol–water partition coefficient (Wildman–Crippen LogP) is 2.72. The third kappa shape index (κ3) is 5.86. The highest BCUT2D eigenvalue weighted by Gasteiger charge is 2.27. The molecule has 7 heteroatoms. The molecule has 0 radical (unpaired) electrons. The van der Waals surface area contributed by atoms with E-state index in [-0.39, 0.29) is 17.4 Å². The van der Waals surface area contributed by atoms with Gasteiger partial charge in [0.05, 0.1) is 6.04 Å². The van der Waals surface area contributed by atoms with Crippen molar-refractivity contribution in [1.82, 2.24) is 10.3 Å². The van der Waals surface area contributed by atoms with E-state index in [1.54, 1.807) is 36.7 Å². The molecule has 0 bridgehead atoms. The number of hydrogen-bond donors (Lipinski definition) is 4. The number of hydrogen-bond acceptors (Lipinski definition) is 4. The van der Waals surface area contributed by atoms with E-state index in [9.17, 15) is 9.59 Å². The highest BCUT2D eigenvalue weighted by Crippen LogP contribution is 2.20. The van der Waals surface area contributed by atoms with E-state index in [1.165, 1.54) is 0 Å². The van der Waals surface area contributed by atoms with Crippen LogP contribution in [0, 0.1) is 5.41 Å². The maximum absolute atomic E-state index is 12.2. The number of benzene rings is 1. The summed E-state index contributed by atoms with van der Waals surface area (Å²) in [5.41, 5.74) is 7.71. The quantitative estimate of drug-likeness (QED) is 0.661. The predicted molar refractivity (Wildman–Crippen MR) is 103 cm³/mol.